The molecule has 1 rings (SSSR count). The highest BCUT2D eigenvalue weighted by atomic mass is 29.2. The first kappa shape index (κ1) is 24.6. The normalized spacial score (nSPS) is 24.0. The van der Waals surface area contributed by atoms with E-state index in [1.165, 1.54) is 0 Å². The Hall–Kier alpha value is 0.521. The van der Waals surface area contributed by atoms with Crippen molar-refractivity contribution in [1.82, 2.24) is 0 Å². The third-order valence-corrected chi connectivity index (χ3v) is 33.6. The van der Waals surface area contributed by atoms with Crippen LogP contribution in [-0.2, 0) is 0 Å². The van der Waals surface area contributed by atoms with Crippen LogP contribution in [0.2, 0.25) is 41.4 Å². The second-order valence-corrected chi connectivity index (χ2v) is 32.5. The van der Waals surface area contributed by atoms with Gasteiger partial charge in [-0.05, 0) is 32.0 Å². The van der Waals surface area contributed by atoms with Crippen LogP contribution in [0.4, 0.5) is 0 Å². The zero-order valence-corrected chi connectivity index (χ0v) is 24.2. The second kappa shape index (κ2) is 6.52. The van der Waals surface area contributed by atoms with Gasteiger partial charge in [0.1, 0.15) is 0 Å². The minimum atomic E-state index is -1.41. The van der Waals surface area contributed by atoms with Crippen LogP contribution in [0.25, 0.3) is 0 Å². The van der Waals surface area contributed by atoms with Gasteiger partial charge in [0.2, 0.25) is 0 Å². The van der Waals surface area contributed by atoms with Gasteiger partial charge in [0.15, 0.2) is 0 Å². The Morgan fingerprint density at radius 1 is 0.654 bits per heavy atom. The highest BCUT2D eigenvalue weighted by Gasteiger charge is 2.62. The lowest BCUT2D eigenvalue weighted by atomic mass is 9.72. The highest BCUT2D eigenvalue weighted by molar-refractivity contribution is 7.39. The first-order chi connectivity index (χ1) is 11.0. The van der Waals surface area contributed by atoms with E-state index in [-0.39, 0.29) is 0 Å². The standard InChI is InChI=1S/C23H50Si3/c1-20(2,3)17-18(21(4,5)6)24(26(15,16)23(10,11)12)19(17)25(13,14)22(7,8)9/h17,19H,1-16H3. The molecule has 26 heavy (non-hydrogen) atoms. The van der Waals surface area contributed by atoms with Crippen molar-refractivity contribution in [2.75, 3.05) is 0 Å². The summed E-state index contributed by atoms with van der Waals surface area (Å²) in [5.74, 6) is 0.825. The van der Waals surface area contributed by atoms with Gasteiger partial charge in [-0.2, -0.15) is 0 Å². The smallest absolute Gasteiger partial charge is 0.0632 e. The first-order valence-corrected chi connectivity index (χ1v) is 19.4. The maximum atomic E-state index is 2.74. The summed E-state index contributed by atoms with van der Waals surface area (Å²) in [5.41, 5.74) is 0.750. The molecule has 0 bridgehead atoms. The predicted molar refractivity (Wildman–Crippen MR) is 131 cm³/mol. The number of hydrogen-bond acceptors (Lipinski definition) is 0. The van der Waals surface area contributed by atoms with Crippen molar-refractivity contribution in [3.8, 4) is 0 Å². The van der Waals surface area contributed by atoms with E-state index in [0.29, 0.717) is 20.9 Å². The third-order valence-electron chi connectivity index (χ3n) is 8.25. The van der Waals surface area contributed by atoms with Crippen molar-refractivity contribution in [3.05, 3.63) is 0 Å². The van der Waals surface area contributed by atoms with E-state index in [1.54, 1.807) is 0 Å². The molecule has 0 nitrogen and oxygen atoms in total. The van der Waals surface area contributed by atoms with Crippen LogP contribution in [-0.4, -0.2) is 28.8 Å². The molecule has 0 spiro atoms. The quantitative estimate of drug-likeness (QED) is 0.405. The van der Waals surface area contributed by atoms with Crippen LogP contribution in [0.1, 0.15) is 83.1 Å². The minimum Gasteiger partial charge on any atom is -0.0833 e. The molecule has 1 heterocycles. The van der Waals surface area contributed by atoms with E-state index in [2.05, 4.69) is 109 Å². The van der Waals surface area contributed by atoms with Crippen LogP contribution in [0.5, 0.6) is 0 Å². The molecule has 154 valence electrons. The molecule has 0 saturated heterocycles. The maximum absolute atomic E-state index is 2.74. The Morgan fingerprint density at radius 2 is 1.04 bits per heavy atom. The molecule has 0 aromatic heterocycles. The van der Waals surface area contributed by atoms with Crippen molar-refractivity contribution >= 4 is 28.8 Å². The average Bonchev–Trinajstić information content (AvgIpc) is 2.17. The Labute approximate surface area is 170 Å². The summed E-state index contributed by atoms with van der Waals surface area (Å²) in [6, 6.07) is 0. The molecule has 1 aliphatic rings. The summed E-state index contributed by atoms with van der Waals surface area (Å²) in [5, 5.41) is 4.00. The summed E-state index contributed by atoms with van der Waals surface area (Å²) in [7, 11) is -3.24. The van der Waals surface area contributed by atoms with Crippen LogP contribution in [0, 0.1) is 16.7 Å². The Morgan fingerprint density at radius 3 is 1.27 bits per heavy atom. The van der Waals surface area contributed by atoms with E-state index in [4.69, 9.17) is 0 Å². The fourth-order valence-corrected chi connectivity index (χ4v) is 32.4. The maximum Gasteiger partial charge on any atom is 0.0632 e. The molecular weight excluding hydrogens is 361 g/mol. The average molecular weight is 411 g/mol. The molecule has 0 aliphatic carbocycles. The first-order valence-electron chi connectivity index (χ1n) is 10.7. The van der Waals surface area contributed by atoms with Gasteiger partial charge in [-0.3, -0.25) is 0 Å². The lowest BCUT2D eigenvalue weighted by molar-refractivity contribution is 0.295. The van der Waals surface area contributed by atoms with E-state index < -0.39 is 23.6 Å². The van der Waals surface area contributed by atoms with Gasteiger partial charge in [-0.25, -0.2) is 0 Å². The van der Waals surface area contributed by atoms with Gasteiger partial charge >= 0.3 is 0 Å². The monoisotopic (exact) mass is 410 g/mol. The van der Waals surface area contributed by atoms with Gasteiger partial charge in [0.05, 0.1) is 15.7 Å². The van der Waals surface area contributed by atoms with Crippen molar-refractivity contribution in [3.63, 3.8) is 0 Å². The van der Waals surface area contributed by atoms with Gasteiger partial charge < -0.3 is 0 Å². The van der Waals surface area contributed by atoms with Crippen molar-refractivity contribution in [1.29, 1.82) is 0 Å². The van der Waals surface area contributed by atoms with Gasteiger partial charge in [0, 0.05) is 7.93 Å². The molecule has 0 amide bonds. The molecule has 1 aliphatic heterocycles. The van der Waals surface area contributed by atoms with Crippen LogP contribution < -0.4 is 0 Å². The zero-order chi connectivity index (χ0) is 21.3. The Kier molecular flexibility index (Phi) is 6.16. The molecule has 2 unspecified atom stereocenters. The topological polar surface area (TPSA) is 0 Å². The summed E-state index contributed by atoms with van der Waals surface area (Å²) < 4.78 is 0. The lowest BCUT2D eigenvalue weighted by Crippen LogP contribution is -2.72. The summed E-state index contributed by atoms with van der Waals surface area (Å²) in [6.45, 7) is 41.3. The van der Waals surface area contributed by atoms with E-state index >= 15 is 0 Å². The summed E-state index contributed by atoms with van der Waals surface area (Å²) in [6.07, 6.45) is 0. The fourth-order valence-electron chi connectivity index (χ4n) is 4.75. The van der Waals surface area contributed by atoms with Crippen molar-refractivity contribution in [2.45, 2.75) is 125 Å². The number of rotatable bonds is 2. The summed E-state index contributed by atoms with van der Waals surface area (Å²) >= 11 is 0. The van der Waals surface area contributed by atoms with Gasteiger partial charge in [-0.1, -0.05) is 114 Å². The molecule has 0 N–H and O–H groups in total. The minimum absolute atomic E-state index is 0.362. The molecule has 0 radical (unpaired) electrons. The highest BCUT2D eigenvalue weighted by Crippen LogP contribution is 2.60. The largest absolute Gasteiger partial charge is 0.0833 e. The number of hydrogen-bond donors (Lipinski definition) is 0. The molecule has 0 fully saturated rings. The van der Waals surface area contributed by atoms with Crippen LogP contribution in [0.3, 0.4) is 0 Å². The molecule has 0 saturated carbocycles. The SMILES string of the molecule is CC(C)(C)C1=[Si]([Si](C)(C)C(C)(C)C)C([Si](C)(C)C(C)(C)C)C1C(C)(C)C. The van der Waals surface area contributed by atoms with Crippen molar-refractivity contribution in [2.24, 2.45) is 16.7 Å². The van der Waals surface area contributed by atoms with Gasteiger partial charge in [0.25, 0.3) is 0 Å². The van der Waals surface area contributed by atoms with E-state index in [1.807, 2.05) is 5.17 Å². The van der Waals surface area contributed by atoms with E-state index in [0.717, 1.165) is 11.1 Å². The molecule has 0 aromatic rings. The Balaban J connectivity index is 3.89. The molecule has 2 atom stereocenters. The zero-order valence-electron chi connectivity index (χ0n) is 21.2. The van der Waals surface area contributed by atoms with Crippen molar-refractivity contribution < 1.29 is 0 Å². The van der Waals surface area contributed by atoms with E-state index in [9.17, 15) is 0 Å². The third kappa shape index (κ3) is 3.96. The van der Waals surface area contributed by atoms with Crippen LogP contribution >= 0.6 is 0 Å². The summed E-state index contributed by atoms with van der Waals surface area (Å²) in [4.78, 5) is 0. The lowest BCUT2D eigenvalue weighted by Gasteiger charge is -2.64. The predicted octanol–water partition coefficient (Wildman–Crippen LogP) is 7.96. The van der Waals surface area contributed by atoms with Crippen LogP contribution in [0.15, 0.2) is 0 Å². The fraction of sp³-hybridized carbons (Fsp3) is 0.957. The molecular formula is C23H50Si3. The Bertz CT molecular complexity index is 567. The second-order valence-electron chi connectivity index (χ2n) is 14.2. The molecule has 0 aromatic carbocycles. The molecule has 3 heteroatoms. The van der Waals surface area contributed by atoms with Gasteiger partial charge in [-0.15, -0.1) is 0 Å².